The molecule has 32 heavy (non-hydrogen) atoms. The molecular formula is C22H28N6O4. The van der Waals surface area contributed by atoms with Crippen molar-refractivity contribution in [3.63, 3.8) is 0 Å². The first kappa shape index (κ1) is 21.8. The number of aromatic nitrogens is 4. The predicted octanol–water partition coefficient (Wildman–Crippen LogP) is 0.319. The van der Waals surface area contributed by atoms with Crippen molar-refractivity contribution in [2.24, 2.45) is 14.1 Å². The monoisotopic (exact) mass is 440 g/mol. The van der Waals surface area contributed by atoms with E-state index in [2.05, 4.69) is 26.9 Å². The van der Waals surface area contributed by atoms with Gasteiger partial charge in [-0.3, -0.25) is 23.6 Å². The first-order valence-electron chi connectivity index (χ1n) is 10.7. The van der Waals surface area contributed by atoms with Gasteiger partial charge >= 0.3 is 11.7 Å². The number of rotatable bonds is 6. The van der Waals surface area contributed by atoms with Crippen LogP contribution < -0.4 is 16.1 Å². The topological polar surface area (TPSA) is 94.6 Å². The summed E-state index contributed by atoms with van der Waals surface area (Å²) < 4.78 is 9.09. The van der Waals surface area contributed by atoms with Crippen molar-refractivity contribution < 1.29 is 9.53 Å². The predicted molar refractivity (Wildman–Crippen MR) is 121 cm³/mol. The van der Waals surface area contributed by atoms with E-state index in [-0.39, 0.29) is 24.3 Å². The van der Waals surface area contributed by atoms with E-state index in [0.717, 1.165) is 30.7 Å². The highest BCUT2D eigenvalue weighted by atomic mass is 16.5. The van der Waals surface area contributed by atoms with Crippen LogP contribution in [0.3, 0.4) is 0 Å². The lowest BCUT2D eigenvalue weighted by Gasteiger charge is -2.35. The molecule has 1 saturated heterocycles. The van der Waals surface area contributed by atoms with Gasteiger partial charge in [-0.15, -0.1) is 0 Å². The number of hydrogen-bond acceptors (Lipinski definition) is 7. The Kier molecular flexibility index (Phi) is 6.13. The van der Waals surface area contributed by atoms with Crippen LogP contribution >= 0.6 is 0 Å². The molecule has 0 aliphatic carbocycles. The normalized spacial score (nSPS) is 14.8. The molecule has 1 aromatic carbocycles. The molecular weight excluding hydrogens is 412 g/mol. The lowest BCUT2D eigenvalue weighted by Crippen LogP contribution is -2.46. The van der Waals surface area contributed by atoms with Gasteiger partial charge in [0.25, 0.3) is 5.56 Å². The third kappa shape index (κ3) is 4.05. The van der Waals surface area contributed by atoms with Gasteiger partial charge in [-0.2, -0.15) is 0 Å². The lowest BCUT2D eigenvalue weighted by atomic mass is 10.2. The highest BCUT2D eigenvalue weighted by molar-refractivity contribution is 5.76. The van der Waals surface area contributed by atoms with Crippen LogP contribution in [0.25, 0.3) is 11.2 Å². The summed E-state index contributed by atoms with van der Waals surface area (Å²) in [5.74, 6) is 0.123. The number of anilines is 1. The molecule has 10 nitrogen and oxygen atoms in total. The van der Waals surface area contributed by atoms with Crippen LogP contribution in [0, 0.1) is 0 Å². The molecule has 0 bridgehead atoms. The maximum absolute atomic E-state index is 12.9. The van der Waals surface area contributed by atoms with E-state index in [1.54, 1.807) is 18.5 Å². The zero-order valence-corrected chi connectivity index (χ0v) is 18.7. The van der Waals surface area contributed by atoms with Gasteiger partial charge in [-0.25, -0.2) is 9.78 Å². The molecule has 1 aliphatic heterocycles. The number of fused-ring (bicyclic) bond motifs is 1. The molecule has 0 atom stereocenters. The number of para-hydroxylation sites is 1. The number of ether oxygens (including phenoxy) is 1. The van der Waals surface area contributed by atoms with Gasteiger partial charge in [0.05, 0.1) is 13.2 Å². The average molecular weight is 441 g/mol. The fourth-order valence-corrected chi connectivity index (χ4v) is 4.12. The second-order valence-corrected chi connectivity index (χ2v) is 7.90. The molecule has 10 heteroatoms. The highest BCUT2D eigenvalue weighted by Crippen LogP contribution is 2.18. The quantitative estimate of drug-likeness (QED) is 0.510. The summed E-state index contributed by atoms with van der Waals surface area (Å²) in [7, 11) is 3.00. The van der Waals surface area contributed by atoms with Gasteiger partial charge in [0.1, 0.15) is 12.4 Å². The summed E-state index contributed by atoms with van der Waals surface area (Å²) in [6.07, 6.45) is 0. The Balaban J connectivity index is 1.64. The number of esters is 1. The third-order valence-electron chi connectivity index (χ3n) is 5.88. The van der Waals surface area contributed by atoms with Crippen LogP contribution in [0.2, 0.25) is 0 Å². The molecule has 3 aromatic rings. The van der Waals surface area contributed by atoms with E-state index in [0.29, 0.717) is 12.4 Å². The first-order valence-corrected chi connectivity index (χ1v) is 10.7. The molecule has 0 amide bonds. The van der Waals surface area contributed by atoms with Crippen molar-refractivity contribution in [3.8, 4) is 0 Å². The summed E-state index contributed by atoms with van der Waals surface area (Å²) in [5.41, 5.74) is 0.785. The summed E-state index contributed by atoms with van der Waals surface area (Å²) in [5, 5.41) is 0. The third-order valence-corrected chi connectivity index (χ3v) is 5.88. The first-order chi connectivity index (χ1) is 15.4. The van der Waals surface area contributed by atoms with Crippen molar-refractivity contribution in [1.82, 2.24) is 23.6 Å². The van der Waals surface area contributed by atoms with Crippen LogP contribution in [-0.4, -0.2) is 62.3 Å². The van der Waals surface area contributed by atoms with E-state index < -0.39 is 17.2 Å². The zero-order valence-electron chi connectivity index (χ0n) is 18.7. The maximum Gasteiger partial charge on any atom is 0.332 e. The molecule has 2 aromatic heterocycles. The van der Waals surface area contributed by atoms with E-state index in [4.69, 9.17) is 4.74 Å². The van der Waals surface area contributed by atoms with Crippen molar-refractivity contribution in [1.29, 1.82) is 0 Å². The Labute approximate surface area is 185 Å². The largest absolute Gasteiger partial charge is 0.465 e. The van der Waals surface area contributed by atoms with E-state index in [1.807, 2.05) is 18.2 Å². The lowest BCUT2D eigenvalue weighted by molar-refractivity contribution is -0.143. The molecule has 1 fully saturated rings. The van der Waals surface area contributed by atoms with E-state index in [1.165, 1.54) is 17.3 Å². The smallest absolute Gasteiger partial charge is 0.332 e. The van der Waals surface area contributed by atoms with Crippen LogP contribution in [0.15, 0.2) is 39.9 Å². The maximum atomic E-state index is 12.9. The Morgan fingerprint density at radius 3 is 2.38 bits per heavy atom. The van der Waals surface area contributed by atoms with E-state index >= 15 is 0 Å². The molecule has 0 saturated carbocycles. The highest BCUT2D eigenvalue weighted by Gasteiger charge is 2.24. The van der Waals surface area contributed by atoms with E-state index in [9.17, 15) is 14.4 Å². The van der Waals surface area contributed by atoms with Crippen molar-refractivity contribution in [3.05, 3.63) is 57.0 Å². The van der Waals surface area contributed by atoms with Crippen LogP contribution in [0.4, 0.5) is 5.69 Å². The van der Waals surface area contributed by atoms with Crippen LogP contribution in [0.1, 0.15) is 12.7 Å². The zero-order chi connectivity index (χ0) is 22.8. The number of aryl methyl sites for hydroxylation is 1. The molecule has 1 aliphatic rings. The minimum absolute atomic E-state index is 0.128. The Bertz CT molecular complexity index is 1240. The summed E-state index contributed by atoms with van der Waals surface area (Å²) in [6.45, 7) is 5.68. The summed E-state index contributed by atoms with van der Waals surface area (Å²) >= 11 is 0. The Hall–Kier alpha value is -3.40. The van der Waals surface area contributed by atoms with Crippen molar-refractivity contribution in [2.75, 3.05) is 37.7 Å². The van der Waals surface area contributed by atoms with Crippen LogP contribution in [-0.2, 0) is 36.7 Å². The molecule has 170 valence electrons. The molecule has 3 heterocycles. The standard InChI is InChI=1S/C22H28N6O4/c1-4-32-18(29)15-28-17(23-20-19(28)21(30)25(3)22(31)24(20)2)14-26-10-12-27(13-11-26)16-8-6-5-7-9-16/h5-9H,4,10-15H2,1-3H3. The number of imidazole rings is 1. The summed E-state index contributed by atoms with van der Waals surface area (Å²) in [4.78, 5) is 46.7. The molecule has 0 radical (unpaired) electrons. The molecule has 0 N–H and O–H groups in total. The molecule has 0 spiro atoms. The fourth-order valence-electron chi connectivity index (χ4n) is 4.12. The van der Waals surface area contributed by atoms with Gasteiger partial charge in [-0.05, 0) is 19.1 Å². The van der Waals surface area contributed by atoms with Gasteiger partial charge in [0.15, 0.2) is 11.2 Å². The van der Waals surface area contributed by atoms with Crippen LogP contribution in [0.5, 0.6) is 0 Å². The second kappa shape index (κ2) is 8.99. The van der Waals surface area contributed by atoms with Gasteiger partial charge < -0.3 is 14.2 Å². The van der Waals surface area contributed by atoms with Gasteiger partial charge in [-0.1, -0.05) is 18.2 Å². The molecule has 4 rings (SSSR count). The van der Waals surface area contributed by atoms with Crippen molar-refractivity contribution >= 4 is 22.8 Å². The minimum atomic E-state index is -0.472. The fraction of sp³-hybridized carbons (Fsp3) is 0.455. The minimum Gasteiger partial charge on any atom is -0.465 e. The molecule has 0 unspecified atom stereocenters. The Morgan fingerprint density at radius 1 is 1.03 bits per heavy atom. The average Bonchev–Trinajstić information content (AvgIpc) is 3.15. The SMILES string of the molecule is CCOC(=O)Cn1c(CN2CCN(c3ccccc3)CC2)nc2c1c(=O)n(C)c(=O)n2C. The number of piperazine rings is 1. The van der Waals surface area contributed by atoms with Crippen molar-refractivity contribution in [2.45, 2.75) is 20.0 Å². The second-order valence-electron chi connectivity index (χ2n) is 7.90. The number of carbonyl (C=O) groups is 1. The number of carbonyl (C=O) groups excluding carboxylic acids is 1. The van der Waals surface area contributed by atoms with Gasteiger partial charge in [0, 0.05) is 46.0 Å². The number of nitrogens with zero attached hydrogens (tertiary/aromatic N) is 6. The number of benzene rings is 1. The number of hydrogen-bond donors (Lipinski definition) is 0. The Morgan fingerprint density at radius 2 is 1.72 bits per heavy atom. The van der Waals surface area contributed by atoms with Gasteiger partial charge in [0.2, 0.25) is 0 Å². The summed E-state index contributed by atoms with van der Waals surface area (Å²) in [6, 6.07) is 10.3.